The van der Waals surface area contributed by atoms with Crippen LogP contribution in [0.25, 0.3) is 0 Å². The molecule has 2 aliphatic rings. The van der Waals surface area contributed by atoms with E-state index in [4.69, 9.17) is 40.5 Å². The Morgan fingerprint density at radius 1 is 0.789 bits per heavy atom. The predicted molar refractivity (Wildman–Crippen MR) is 158 cm³/mol. The van der Waals surface area contributed by atoms with Crippen molar-refractivity contribution in [1.82, 2.24) is 4.90 Å². The van der Waals surface area contributed by atoms with Crippen LogP contribution in [0.1, 0.15) is 17.0 Å². The molecule has 1 amide bonds. The number of hydrogen-bond acceptors (Lipinski definition) is 4. The number of carbonyl (C=O) groups is 1. The largest absolute Gasteiger partial charge is 0.318 e. The van der Waals surface area contributed by atoms with E-state index in [9.17, 15) is 4.79 Å². The van der Waals surface area contributed by atoms with E-state index >= 15 is 0 Å². The summed E-state index contributed by atoms with van der Waals surface area (Å²) in [5.41, 5.74) is 2.55. The lowest BCUT2D eigenvalue weighted by molar-refractivity contribution is -0.124. The quantitative estimate of drug-likeness (QED) is 0.255. The number of hydrogen-bond donors (Lipinski definition) is 0. The van der Waals surface area contributed by atoms with Crippen molar-refractivity contribution in [3.63, 3.8) is 0 Å². The number of carbonyl (C=O) groups excluding carboxylic acids is 1. The van der Waals surface area contributed by atoms with Gasteiger partial charge in [-0.2, -0.15) is 5.10 Å². The maximum Gasteiger partial charge on any atom is 0.283 e. The second-order valence-electron chi connectivity index (χ2n) is 9.17. The fourth-order valence-corrected chi connectivity index (χ4v) is 5.99. The van der Waals surface area contributed by atoms with E-state index in [-0.39, 0.29) is 5.91 Å². The number of halogens is 2. The summed E-state index contributed by atoms with van der Waals surface area (Å²) in [6.07, 6.45) is 0. The van der Waals surface area contributed by atoms with Gasteiger partial charge in [0.2, 0.25) is 5.66 Å². The van der Waals surface area contributed by atoms with Gasteiger partial charge in [-0.1, -0.05) is 83.9 Å². The van der Waals surface area contributed by atoms with Crippen LogP contribution in [-0.2, 0) is 4.79 Å². The topological polar surface area (TPSA) is 39.1 Å². The minimum Gasteiger partial charge on any atom is -0.318 e. The summed E-state index contributed by atoms with van der Waals surface area (Å²) >= 11 is 18.7. The van der Waals surface area contributed by atoms with Crippen LogP contribution in [0.15, 0.2) is 114 Å². The summed E-state index contributed by atoms with van der Waals surface area (Å²) in [6, 6.07) is 34.2. The van der Waals surface area contributed by atoms with Crippen molar-refractivity contribution in [2.24, 2.45) is 5.10 Å². The van der Waals surface area contributed by atoms with Crippen molar-refractivity contribution in [1.29, 1.82) is 0 Å². The van der Waals surface area contributed by atoms with E-state index in [0.29, 0.717) is 26.6 Å². The number of rotatable bonds is 4. The fourth-order valence-electron chi connectivity index (χ4n) is 5.34. The standard InChI is InChI=1S/C30H22Cl2N4OS/c1-34-29(38)35(24-11-4-2-5-12-24)28(37)30(34)26(20-15-17-22(31)18-16-20)27(21-9-8-10-23(32)19-21)33-36(30)25-13-6-3-7-14-25/h2-19,26H,1H3. The van der Waals surface area contributed by atoms with Gasteiger partial charge < -0.3 is 4.90 Å². The molecule has 4 aromatic carbocycles. The zero-order valence-corrected chi connectivity index (χ0v) is 22.7. The average molecular weight is 558 g/mol. The molecule has 0 aliphatic carbocycles. The highest BCUT2D eigenvalue weighted by Gasteiger charge is 2.67. The molecular formula is C30H22Cl2N4OS. The molecule has 2 heterocycles. The first kappa shape index (κ1) is 24.6. The zero-order chi connectivity index (χ0) is 26.4. The second kappa shape index (κ2) is 9.55. The molecule has 0 bridgehead atoms. The monoisotopic (exact) mass is 556 g/mol. The maximum absolute atomic E-state index is 14.9. The summed E-state index contributed by atoms with van der Waals surface area (Å²) in [5.74, 6) is -0.719. The van der Waals surface area contributed by atoms with Gasteiger partial charge in [0, 0.05) is 22.7 Å². The van der Waals surface area contributed by atoms with Gasteiger partial charge in [-0.25, -0.2) is 5.01 Å². The fraction of sp³-hybridized carbons (Fsp3) is 0.100. The van der Waals surface area contributed by atoms with E-state index < -0.39 is 11.6 Å². The van der Waals surface area contributed by atoms with Crippen LogP contribution in [0.2, 0.25) is 10.0 Å². The number of nitrogens with zero attached hydrogens (tertiary/aromatic N) is 4. The number of para-hydroxylation sites is 2. The summed E-state index contributed by atoms with van der Waals surface area (Å²) in [4.78, 5) is 18.3. The van der Waals surface area contributed by atoms with Crippen molar-refractivity contribution in [2.75, 3.05) is 17.0 Å². The molecule has 1 fully saturated rings. The maximum atomic E-state index is 14.9. The molecule has 5 nitrogen and oxygen atoms in total. The summed E-state index contributed by atoms with van der Waals surface area (Å²) < 4.78 is 0. The summed E-state index contributed by atoms with van der Waals surface area (Å²) in [7, 11) is 1.86. The first-order valence-corrected chi connectivity index (χ1v) is 13.2. The van der Waals surface area contributed by atoms with Crippen LogP contribution >= 0.6 is 35.4 Å². The van der Waals surface area contributed by atoms with Gasteiger partial charge in [-0.15, -0.1) is 0 Å². The first-order valence-electron chi connectivity index (χ1n) is 12.1. The molecule has 188 valence electrons. The molecule has 0 saturated carbocycles. The van der Waals surface area contributed by atoms with Crippen LogP contribution in [0.5, 0.6) is 0 Å². The highest BCUT2D eigenvalue weighted by Crippen LogP contribution is 2.51. The molecule has 2 unspecified atom stereocenters. The molecule has 4 aromatic rings. The third-order valence-corrected chi connectivity index (χ3v) is 8.00. The summed E-state index contributed by atoms with van der Waals surface area (Å²) in [6.45, 7) is 0. The lowest BCUT2D eigenvalue weighted by Crippen LogP contribution is -2.61. The third-order valence-electron chi connectivity index (χ3n) is 7.05. The van der Waals surface area contributed by atoms with E-state index in [1.807, 2.05) is 121 Å². The molecule has 8 heteroatoms. The lowest BCUT2D eigenvalue weighted by Gasteiger charge is -2.41. The minimum atomic E-state index is -1.32. The van der Waals surface area contributed by atoms with Crippen LogP contribution < -0.4 is 9.91 Å². The Hall–Kier alpha value is -3.71. The number of amides is 1. The molecule has 38 heavy (non-hydrogen) atoms. The van der Waals surface area contributed by atoms with Crippen molar-refractivity contribution >= 4 is 63.5 Å². The van der Waals surface area contributed by atoms with Crippen molar-refractivity contribution in [3.8, 4) is 0 Å². The average Bonchev–Trinajstić information content (AvgIpc) is 3.39. The smallest absolute Gasteiger partial charge is 0.283 e. The predicted octanol–water partition coefficient (Wildman–Crippen LogP) is 6.96. The molecule has 0 radical (unpaired) electrons. The third kappa shape index (κ3) is 3.71. The van der Waals surface area contributed by atoms with Gasteiger partial charge >= 0.3 is 0 Å². The molecule has 0 N–H and O–H groups in total. The van der Waals surface area contributed by atoms with E-state index in [2.05, 4.69) is 0 Å². The number of benzene rings is 4. The minimum absolute atomic E-state index is 0.194. The molecule has 1 spiro atoms. The van der Waals surface area contributed by atoms with Crippen LogP contribution in [0, 0.1) is 0 Å². The van der Waals surface area contributed by atoms with Crippen molar-refractivity contribution in [3.05, 3.63) is 130 Å². The van der Waals surface area contributed by atoms with E-state index in [1.165, 1.54) is 0 Å². The summed E-state index contributed by atoms with van der Waals surface area (Å²) in [5, 5.41) is 8.55. The Kier molecular flexibility index (Phi) is 6.19. The SMILES string of the molecule is CN1C(=S)N(c2ccccc2)C(=O)C12C(c1ccc(Cl)cc1)C(c1cccc(Cl)c1)=NN2c1ccccc1. The first-order chi connectivity index (χ1) is 18.4. The van der Waals surface area contributed by atoms with E-state index in [0.717, 1.165) is 16.8 Å². The van der Waals surface area contributed by atoms with Crippen LogP contribution in [0.4, 0.5) is 11.4 Å². The van der Waals surface area contributed by atoms with Gasteiger partial charge in [0.05, 0.1) is 23.0 Å². The molecule has 1 saturated heterocycles. The number of anilines is 2. The Labute approximate surface area is 236 Å². The number of hydrazone groups is 1. The lowest BCUT2D eigenvalue weighted by atomic mass is 9.79. The Balaban J connectivity index is 1.65. The Morgan fingerprint density at radius 3 is 2.05 bits per heavy atom. The Bertz CT molecular complexity index is 1560. The van der Waals surface area contributed by atoms with Crippen molar-refractivity contribution < 1.29 is 4.79 Å². The normalized spacial score (nSPS) is 21.0. The van der Waals surface area contributed by atoms with Gasteiger partial charge in [0.15, 0.2) is 5.11 Å². The van der Waals surface area contributed by atoms with Gasteiger partial charge in [-0.05, 0) is 66.3 Å². The highest BCUT2D eigenvalue weighted by molar-refractivity contribution is 7.80. The zero-order valence-electron chi connectivity index (χ0n) is 20.3. The molecule has 6 rings (SSSR count). The number of likely N-dealkylation sites (N-methyl/N-ethyl adjacent to an activating group) is 1. The van der Waals surface area contributed by atoms with Gasteiger partial charge in [0.25, 0.3) is 5.91 Å². The van der Waals surface area contributed by atoms with Gasteiger partial charge in [-0.3, -0.25) is 9.69 Å². The van der Waals surface area contributed by atoms with Crippen LogP contribution in [-0.4, -0.2) is 34.3 Å². The molecule has 2 atom stereocenters. The Morgan fingerprint density at radius 2 is 1.42 bits per heavy atom. The molecule has 0 aromatic heterocycles. The van der Waals surface area contributed by atoms with E-state index in [1.54, 1.807) is 9.91 Å². The van der Waals surface area contributed by atoms with Gasteiger partial charge in [0.1, 0.15) is 0 Å². The molecular weight excluding hydrogens is 535 g/mol. The highest BCUT2D eigenvalue weighted by atomic mass is 35.5. The van der Waals surface area contributed by atoms with Crippen molar-refractivity contribution in [2.45, 2.75) is 11.6 Å². The van der Waals surface area contributed by atoms with Crippen LogP contribution in [0.3, 0.4) is 0 Å². The molecule has 2 aliphatic heterocycles. The number of thiocarbonyl (C=S) groups is 1. The second-order valence-corrected chi connectivity index (χ2v) is 10.4.